The Morgan fingerprint density at radius 3 is 2.27 bits per heavy atom. The third kappa shape index (κ3) is 5.93. The molecular formula is C10H20N2O3. The summed E-state index contributed by atoms with van der Waals surface area (Å²) < 4.78 is 0. The third-order valence-corrected chi connectivity index (χ3v) is 2.11. The van der Waals surface area contributed by atoms with Crippen molar-refractivity contribution in [2.75, 3.05) is 0 Å². The van der Waals surface area contributed by atoms with Crippen LogP contribution in [-0.2, 0) is 4.79 Å². The molecule has 0 saturated heterocycles. The van der Waals surface area contributed by atoms with Crippen molar-refractivity contribution in [1.29, 1.82) is 0 Å². The summed E-state index contributed by atoms with van der Waals surface area (Å²) >= 11 is 0. The number of aliphatic carboxylic acids is 1. The predicted octanol–water partition coefficient (Wildman–Crippen LogP) is 1.34. The smallest absolute Gasteiger partial charge is 0.326 e. The molecule has 2 amide bonds. The molecule has 0 aromatic rings. The number of carboxylic acid groups (broad SMARTS) is 1. The Morgan fingerprint density at radius 1 is 1.27 bits per heavy atom. The number of carboxylic acids is 1. The van der Waals surface area contributed by atoms with Gasteiger partial charge in [0.1, 0.15) is 6.04 Å². The van der Waals surface area contributed by atoms with Crippen LogP contribution < -0.4 is 10.6 Å². The molecule has 0 aliphatic carbocycles. The highest BCUT2D eigenvalue weighted by Crippen LogP contribution is 1.95. The first-order valence-corrected chi connectivity index (χ1v) is 5.31. The molecule has 0 spiro atoms. The number of urea groups is 1. The summed E-state index contributed by atoms with van der Waals surface area (Å²) in [6.45, 7) is 5.64. The molecule has 0 bridgehead atoms. The minimum absolute atomic E-state index is 0.0706. The van der Waals surface area contributed by atoms with Crippen molar-refractivity contribution in [2.24, 2.45) is 0 Å². The molecule has 0 saturated carbocycles. The molecule has 15 heavy (non-hydrogen) atoms. The van der Waals surface area contributed by atoms with Gasteiger partial charge in [-0.3, -0.25) is 0 Å². The first kappa shape index (κ1) is 13.7. The monoisotopic (exact) mass is 216 g/mol. The molecule has 0 aromatic heterocycles. The Morgan fingerprint density at radius 2 is 1.87 bits per heavy atom. The summed E-state index contributed by atoms with van der Waals surface area (Å²) in [4.78, 5) is 22.0. The van der Waals surface area contributed by atoms with Gasteiger partial charge in [-0.1, -0.05) is 20.3 Å². The summed E-state index contributed by atoms with van der Waals surface area (Å²) in [6, 6.07) is -1.15. The second-order valence-electron chi connectivity index (χ2n) is 3.61. The van der Waals surface area contributed by atoms with E-state index in [0.29, 0.717) is 6.42 Å². The molecule has 0 radical (unpaired) electrons. The lowest BCUT2D eigenvalue weighted by Gasteiger charge is -2.16. The maximum atomic E-state index is 11.3. The van der Waals surface area contributed by atoms with E-state index in [0.717, 1.165) is 12.8 Å². The van der Waals surface area contributed by atoms with E-state index < -0.39 is 18.0 Å². The molecule has 1 unspecified atom stereocenters. The summed E-state index contributed by atoms with van der Waals surface area (Å²) in [7, 11) is 0. The zero-order chi connectivity index (χ0) is 11.8. The van der Waals surface area contributed by atoms with Crippen molar-refractivity contribution in [1.82, 2.24) is 10.6 Å². The first-order chi connectivity index (χ1) is 7.01. The van der Waals surface area contributed by atoms with Gasteiger partial charge in [-0.25, -0.2) is 9.59 Å². The van der Waals surface area contributed by atoms with Crippen LogP contribution >= 0.6 is 0 Å². The van der Waals surface area contributed by atoms with Gasteiger partial charge in [0.25, 0.3) is 0 Å². The molecule has 0 aliphatic heterocycles. The number of amides is 2. The highest BCUT2D eigenvalue weighted by atomic mass is 16.4. The minimum Gasteiger partial charge on any atom is -0.480 e. The predicted molar refractivity (Wildman–Crippen MR) is 57.8 cm³/mol. The molecule has 0 rings (SSSR count). The lowest BCUT2D eigenvalue weighted by molar-refractivity contribution is -0.139. The lowest BCUT2D eigenvalue weighted by atomic mass is 10.2. The SMILES string of the molecule is CCCC(C)NC(=O)N[C@@H](CC)C(=O)O. The second kappa shape index (κ2) is 7.09. The normalized spacial score (nSPS) is 14.1. The molecule has 3 N–H and O–H groups in total. The van der Waals surface area contributed by atoms with Crippen LogP contribution in [0.15, 0.2) is 0 Å². The molecule has 88 valence electrons. The largest absolute Gasteiger partial charge is 0.480 e. The summed E-state index contributed by atoms with van der Waals surface area (Å²) in [5.41, 5.74) is 0. The number of hydrogen-bond donors (Lipinski definition) is 3. The van der Waals surface area contributed by atoms with Crippen LogP contribution in [0.5, 0.6) is 0 Å². The average molecular weight is 216 g/mol. The molecule has 5 nitrogen and oxygen atoms in total. The maximum absolute atomic E-state index is 11.3. The lowest BCUT2D eigenvalue weighted by Crippen LogP contribution is -2.48. The summed E-state index contributed by atoms with van der Waals surface area (Å²) in [5, 5.41) is 13.8. The molecule has 0 fully saturated rings. The van der Waals surface area contributed by atoms with Gasteiger partial charge < -0.3 is 15.7 Å². The van der Waals surface area contributed by atoms with Crippen molar-refractivity contribution in [2.45, 2.75) is 52.1 Å². The van der Waals surface area contributed by atoms with Crippen LogP contribution in [0.3, 0.4) is 0 Å². The van der Waals surface area contributed by atoms with Crippen LogP contribution in [0.4, 0.5) is 4.79 Å². The fourth-order valence-electron chi connectivity index (χ4n) is 1.27. The number of rotatable bonds is 6. The molecule has 0 heterocycles. The van der Waals surface area contributed by atoms with Crippen LogP contribution in [0.1, 0.15) is 40.0 Å². The van der Waals surface area contributed by atoms with E-state index >= 15 is 0 Å². The zero-order valence-electron chi connectivity index (χ0n) is 9.54. The third-order valence-electron chi connectivity index (χ3n) is 2.11. The Hall–Kier alpha value is -1.26. The topological polar surface area (TPSA) is 78.4 Å². The van der Waals surface area contributed by atoms with E-state index in [1.165, 1.54) is 0 Å². The highest BCUT2D eigenvalue weighted by molar-refractivity contribution is 5.82. The van der Waals surface area contributed by atoms with E-state index in [-0.39, 0.29) is 6.04 Å². The Kier molecular flexibility index (Phi) is 6.49. The summed E-state index contributed by atoms with van der Waals surface area (Å²) in [5.74, 6) is -1.00. The van der Waals surface area contributed by atoms with Gasteiger partial charge in [-0.05, 0) is 19.8 Å². The summed E-state index contributed by atoms with van der Waals surface area (Å²) in [6.07, 6.45) is 2.25. The van der Waals surface area contributed by atoms with E-state index in [1.54, 1.807) is 6.92 Å². The number of carbonyl (C=O) groups is 2. The van der Waals surface area contributed by atoms with Gasteiger partial charge in [0, 0.05) is 6.04 Å². The van der Waals surface area contributed by atoms with Gasteiger partial charge >= 0.3 is 12.0 Å². The highest BCUT2D eigenvalue weighted by Gasteiger charge is 2.17. The fourth-order valence-corrected chi connectivity index (χ4v) is 1.27. The molecule has 0 aromatic carbocycles. The van der Waals surface area contributed by atoms with E-state index in [2.05, 4.69) is 10.6 Å². The number of nitrogens with one attached hydrogen (secondary N) is 2. The average Bonchev–Trinajstić information content (AvgIpc) is 2.13. The first-order valence-electron chi connectivity index (χ1n) is 5.31. The minimum atomic E-state index is -1.00. The molecular weight excluding hydrogens is 196 g/mol. The van der Waals surface area contributed by atoms with Gasteiger partial charge in [-0.15, -0.1) is 0 Å². The number of hydrogen-bond acceptors (Lipinski definition) is 2. The van der Waals surface area contributed by atoms with Gasteiger partial charge in [0.15, 0.2) is 0 Å². The molecule has 0 aliphatic rings. The molecule has 2 atom stereocenters. The van der Waals surface area contributed by atoms with Crippen molar-refractivity contribution >= 4 is 12.0 Å². The molecule has 5 heteroatoms. The van der Waals surface area contributed by atoms with Crippen molar-refractivity contribution in [3.05, 3.63) is 0 Å². The Balaban J connectivity index is 3.96. The standard InChI is InChI=1S/C10H20N2O3/c1-4-6-7(3)11-10(15)12-8(5-2)9(13)14/h7-8H,4-6H2,1-3H3,(H,13,14)(H2,11,12,15)/t7?,8-/m0/s1. The maximum Gasteiger partial charge on any atom is 0.326 e. The zero-order valence-corrected chi connectivity index (χ0v) is 9.54. The van der Waals surface area contributed by atoms with Crippen molar-refractivity contribution in [3.8, 4) is 0 Å². The van der Waals surface area contributed by atoms with Gasteiger partial charge in [-0.2, -0.15) is 0 Å². The quantitative estimate of drug-likeness (QED) is 0.627. The van der Waals surface area contributed by atoms with E-state index in [1.807, 2.05) is 13.8 Å². The number of carbonyl (C=O) groups excluding carboxylic acids is 1. The van der Waals surface area contributed by atoms with E-state index in [4.69, 9.17) is 5.11 Å². The fraction of sp³-hybridized carbons (Fsp3) is 0.800. The Labute approximate surface area is 90.2 Å². The van der Waals surface area contributed by atoms with Gasteiger partial charge in [0.05, 0.1) is 0 Å². The van der Waals surface area contributed by atoms with Crippen LogP contribution in [0.2, 0.25) is 0 Å². The van der Waals surface area contributed by atoms with Crippen LogP contribution in [0, 0.1) is 0 Å². The Bertz CT molecular complexity index is 219. The van der Waals surface area contributed by atoms with Crippen molar-refractivity contribution in [3.63, 3.8) is 0 Å². The van der Waals surface area contributed by atoms with E-state index in [9.17, 15) is 9.59 Å². The van der Waals surface area contributed by atoms with Gasteiger partial charge in [0.2, 0.25) is 0 Å². The second-order valence-corrected chi connectivity index (χ2v) is 3.61. The van der Waals surface area contributed by atoms with Crippen molar-refractivity contribution < 1.29 is 14.7 Å². The van der Waals surface area contributed by atoms with Crippen LogP contribution in [-0.4, -0.2) is 29.2 Å². The van der Waals surface area contributed by atoms with Crippen LogP contribution in [0.25, 0.3) is 0 Å².